The Morgan fingerprint density at radius 3 is 2.00 bits per heavy atom. The maximum atomic E-state index is 12.3. The van der Waals surface area contributed by atoms with Gasteiger partial charge in [0.15, 0.2) is 0 Å². The lowest BCUT2D eigenvalue weighted by atomic mass is 10.1. The number of hydrogen-bond donors (Lipinski definition) is 2. The first-order valence-electron chi connectivity index (χ1n) is 10.7. The van der Waals surface area contributed by atoms with Gasteiger partial charge in [0, 0.05) is 30.0 Å². The van der Waals surface area contributed by atoms with E-state index in [2.05, 4.69) is 10.6 Å². The highest BCUT2D eigenvalue weighted by molar-refractivity contribution is 5.96. The predicted molar refractivity (Wildman–Crippen MR) is 122 cm³/mol. The number of unbranched alkanes of at least 4 members (excludes halogenated alkanes) is 1. The molecule has 0 bridgehead atoms. The molecule has 7 heteroatoms. The first kappa shape index (κ1) is 23.9. The van der Waals surface area contributed by atoms with Gasteiger partial charge in [0.1, 0.15) is 0 Å². The summed E-state index contributed by atoms with van der Waals surface area (Å²) in [5.74, 6) is -0.589. The van der Waals surface area contributed by atoms with Crippen LogP contribution in [0.3, 0.4) is 0 Å². The number of carbonyl (C=O) groups is 3. The maximum absolute atomic E-state index is 12.3. The van der Waals surface area contributed by atoms with E-state index in [0.717, 1.165) is 18.5 Å². The average Bonchev–Trinajstić information content (AvgIpc) is 2.79. The highest BCUT2D eigenvalue weighted by Crippen LogP contribution is 2.13. The lowest BCUT2D eigenvalue weighted by molar-refractivity contribution is -0.114. The van der Waals surface area contributed by atoms with Crippen molar-refractivity contribution in [3.63, 3.8) is 0 Å². The summed E-state index contributed by atoms with van der Waals surface area (Å²) in [6, 6.07) is 13.7. The van der Waals surface area contributed by atoms with Crippen LogP contribution in [0.4, 0.5) is 11.4 Å². The van der Waals surface area contributed by atoms with E-state index in [1.165, 1.54) is 0 Å². The molecule has 0 heterocycles. The molecule has 0 saturated heterocycles. The SMILES string of the molecule is CCCCOC(=O)c1ccc(NCC(=O)Nc2ccc(C(=O)N(CC)CC)cc2)cc1. The molecule has 0 radical (unpaired) electrons. The summed E-state index contributed by atoms with van der Waals surface area (Å²) < 4.78 is 5.17. The molecule has 2 rings (SSSR count). The van der Waals surface area contributed by atoms with Crippen LogP contribution >= 0.6 is 0 Å². The number of anilines is 2. The second-order valence-corrected chi connectivity index (χ2v) is 7.02. The summed E-state index contributed by atoms with van der Waals surface area (Å²) in [5, 5.41) is 5.81. The number of ether oxygens (including phenoxy) is 1. The second-order valence-electron chi connectivity index (χ2n) is 7.02. The number of carbonyl (C=O) groups excluding carboxylic acids is 3. The molecule has 0 aromatic heterocycles. The maximum Gasteiger partial charge on any atom is 0.338 e. The number of esters is 1. The van der Waals surface area contributed by atoms with Crippen molar-refractivity contribution in [2.24, 2.45) is 0 Å². The number of rotatable bonds is 11. The van der Waals surface area contributed by atoms with Crippen molar-refractivity contribution in [3.05, 3.63) is 59.7 Å². The third-order valence-electron chi connectivity index (χ3n) is 4.77. The fraction of sp³-hybridized carbons (Fsp3) is 0.375. The minimum Gasteiger partial charge on any atom is -0.462 e. The second kappa shape index (κ2) is 12.4. The Balaban J connectivity index is 1.82. The fourth-order valence-electron chi connectivity index (χ4n) is 2.89. The van der Waals surface area contributed by atoms with E-state index in [-0.39, 0.29) is 24.3 Å². The summed E-state index contributed by atoms with van der Waals surface area (Å²) in [7, 11) is 0. The van der Waals surface area contributed by atoms with E-state index >= 15 is 0 Å². The number of nitrogens with one attached hydrogen (secondary N) is 2. The molecule has 2 amide bonds. The third kappa shape index (κ3) is 7.44. The van der Waals surface area contributed by atoms with Gasteiger partial charge in [0.2, 0.25) is 5.91 Å². The fourth-order valence-corrected chi connectivity index (χ4v) is 2.89. The van der Waals surface area contributed by atoms with Crippen LogP contribution in [-0.4, -0.2) is 48.9 Å². The van der Waals surface area contributed by atoms with E-state index in [4.69, 9.17) is 4.74 Å². The van der Waals surface area contributed by atoms with Crippen molar-refractivity contribution in [2.75, 3.05) is 36.9 Å². The van der Waals surface area contributed by atoms with Gasteiger partial charge in [-0.3, -0.25) is 9.59 Å². The Hall–Kier alpha value is -3.35. The zero-order chi connectivity index (χ0) is 22.6. The van der Waals surface area contributed by atoms with Crippen LogP contribution in [0.1, 0.15) is 54.3 Å². The summed E-state index contributed by atoms with van der Waals surface area (Å²) >= 11 is 0. The lowest BCUT2D eigenvalue weighted by Crippen LogP contribution is -2.30. The Morgan fingerprint density at radius 2 is 1.42 bits per heavy atom. The van der Waals surface area contributed by atoms with Crippen LogP contribution in [0.5, 0.6) is 0 Å². The van der Waals surface area contributed by atoms with Crippen molar-refractivity contribution in [1.82, 2.24) is 4.90 Å². The van der Waals surface area contributed by atoms with Crippen LogP contribution in [0.15, 0.2) is 48.5 Å². The molecule has 0 fully saturated rings. The number of nitrogens with zero attached hydrogens (tertiary/aromatic N) is 1. The minimum atomic E-state index is -0.347. The smallest absolute Gasteiger partial charge is 0.338 e. The Bertz CT molecular complexity index is 859. The van der Waals surface area contributed by atoms with Crippen LogP contribution in [-0.2, 0) is 9.53 Å². The molecule has 0 aliphatic heterocycles. The molecule has 0 saturated carbocycles. The van der Waals surface area contributed by atoms with Crippen molar-refractivity contribution in [2.45, 2.75) is 33.6 Å². The number of amides is 2. The first-order chi connectivity index (χ1) is 15.0. The van der Waals surface area contributed by atoms with E-state index in [0.29, 0.717) is 36.5 Å². The average molecular weight is 426 g/mol. The van der Waals surface area contributed by atoms with E-state index < -0.39 is 0 Å². The van der Waals surface area contributed by atoms with Crippen LogP contribution in [0, 0.1) is 0 Å². The normalized spacial score (nSPS) is 10.3. The van der Waals surface area contributed by atoms with Gasteiger partial charge < -0.3 is 20.3 Å². The monoisotopic (exact) mass is 425 g/mol. The molecule has 0 atom stereocenters. The standard InChI is InChI=1S/C24H31N3O4/c1-4-7-16-31-24(30)19-10-12-20(13-11-19)25-17-22(28)26-21-14-8-18(9-15-21)23(29)27(5-2)6-3/h8-15,25H,4-7,16-17H2,1-3H3,(H,26,28). The van der Waals surface area contributed by atoms with Gasteiger partial charge in [0.05, 0.1) is 18.7 Å². The molecule has 2 aromatic rings. The van der Waals surface area contributed by atoms with E-state index in [1.54, 1.807) is 53.4 Å². The number of hydrogen-bond acceptors (Lipinski definition) is 5. The third-order valence-corrected chi connectivity index (χ3v) is 4.77. The largest absolute Gasteiger partial charge is 0.462 e. The summed E-state index contributed by atoms with van der Waals surface area (Å²) in [4.78, 5) is 38.2. The van der Waals surface area contributed by atoms with Gasteiger partial charge in [-0.2, -0.15) is 0 Å². The number of benzene rings is 2. The lowest BCUT2D eigenvalue weighted by Gasteiger charge is -2.18. The molecule has 0 unspecified atom stereocenters. The molecule has 2 N–H and O–H groups in total. The molecule has 0 spiro atoms. The molecule has 166 valence electrons. The van der Waals surface area contributed by atoms with Gasteiger partial charge in [-0.1, -0.05) is 13.3 Å². The van der Waals surface area contributed by atoms with Crippen molar-refractivity contribution in [1.29, 1.82) is 0 Å². The van der Waals surface area contributed by atoms with Crippen LogP contribution in [0.25, 0.3) is 0 Å². The zero-order valence-corrected chi connectivity index (χ0v) is 18.4. The van der Waals surface area contributed by atoms with E-state index in [9.17, 15) is 14.4 Å². The van der Waals surface area contributed by atoms with Crippen molar-refractivity contribution in [3.8, 4) is 0 Å². The van der Waals surface area contributed by atoms with Gasteiger partial charge in [0.25, 0.3) is 5.91 Å². The quantitative estimate of drug-likeness (QED) is 0.417. The molecule has 7 nitrogen and oxygen atoms in total. The van der Waals surface area contributed by atoms with Crippen molar-refractivity contribution >= 4 is 29.2 Å². The molecule has 0 aliphatic rings. The van der Waals surface area contributed by atoms with Gasteiger partial charge in [-0.15, -0.1) is 0 Å². The van der Waals surface area contributed by atoms with Gasteiger partial charge in [-0.25, -0.2) is 4.79 Å². The molecular weight excluding hydrogens is 394 g/mol. The van der Waals surface area contributed by atoms with Crippen molar-refractivity contribution < 1.29 is 19.1 Å². The van der Waals surface area contributed by atoms with Crippen LogP contribution < -0.4 is 10.6 Å². The minimum absolute atomic E-state index is 0.0257. The molecule has 31 heavy (non-hydrogen) atoms. The van der Waals surface area contributed by atoms with E-state index in [1.807, 2.05) is 20.8 Å². The summed E-state index contributed by atoms with van der Waals surface area (Å²) in [6.45, 7) is 7.71. The summed E-state index contributed by atoms with van der Waals surface area (Å²) in [6.07, 6.45) is 1.81. The highest BCUT2D eigenvalue weighted by atomic mass is 16.5. The zero-order valence-electron chi connectivity index (χ0n) is 18.4. The topological polar surface area (TPSA) is 87.7 Å². The Morgan fingerprint density at radius 1 is 0.839 bits per heavy atom. The van der Waals surface area contributed by atoms with Gasteiger partial charge >= 0.3 is 5.97 Å². The molecule has 2 aromatic carbocycles. The Labute approximate surface area is 183 Å². The summed E-state index contributed by atoms with van der Waals surface area (Å²) in [5.41, 5.74) is 2.41. The first-order valence-corrected chi connectivity index (χ1v) is 10.7. The van der Waals surface area contributed by atoms with Gasteiger partial charge in [-0.05, 0) is 68.8 Å². The Kier molecular flexibility index (Phi) is 9.55. The molecular formula is C24H31N3O4. The molecule has 0 aliphatic carbocycles. The predicted octanol–water partition coefficient (Wildman–Crippen LogP) is 4.18. The van der Waals surface area contributed by atoms with Crippen LogP contribution in [0.2, 0.25) is 0 Å². The highest BCUT2D eigenvalue weighted by Gasteiger charge is 2.12.